The predicted octanol–water partition coefficient (Wildman–Crippen LogP) is 4.12. The molecule has 0 aliphatic rings. The lowest BCUT2D eigenvalue weighted by Crippen LogP contribution is -2.00. The molecular formula is C18H22O2. The van der Waals surface area contributed by atoms with Crippen LogP contribution in [-0.4, -0.2) is 11.7 Å². The number of aryl methyl sites for hydroxylation is 1. The van der Waals surface area contributed by atoms with Crippen molar-refractivity contribution in [2.45, 2.75) is 32.8 Å². The van der Waals surface area contributed by atoms with E-state index in [1.165, 1.54) is 5.56 Å². The molecule has 0 saturated carbocycles. The van der Waals surface area contributed by atoms with Crippen LogP contribution in [0.1, 0.15) is 43.1 Å². The lowest BCUT2D eigenvalue weighted by Gasteiger charge is -2.13. The van der Waals surface area contributed by atoms with Crippen LogP contribution in [0, 0.1) is 0 Å². The summed E-state index contributed by atoms with van der Waals surface area (Å²) in [5.74, 6) is 0.851. The number of hydrogen-bond donors (Lipinski definition) is 1. The van der Waals surface area contributed by atoms with E-state index < -0.39 is 6.10 Å². The molecule has 0 amide bonds. The zero-order chi connectivity index (χ0) is 14.4. The second kappa shape index (κ2) is 7.11. The topological polar surface area (TPSA) is 29.5 Å². The smallest absolute Gasteiger partial charge is 0.119 e. The largest absolute Gasteiger partial charge is 0.494 e. The number of hydrogen-bond acceptors (Lipinski definition) is 2. The Labute approximate surface area is 121 Å². The van der Waals surface area contributed by atoms with Crippen LogP contribution in [0.5, 0.6) is 5.75 Å². The normalized spacial score (nSPS) is 12.2. The quantitative estimate of drug-likeness (QED) is 0.855. The van der Waals surface area contributed by atoms with Gasteiger partial charge in [-0.3, -0.25) is 0 Å². The van der Waals surface area contributed by atoms with Crippen LogP contribution in [0.3, 0.4) is 0 Å². The fourth-order valence-electron chi connectivity index (χ4n) is 2.09. The van der Waals surface area contributed by atoms with E-state index in [1.54, 1.807) is 0 Å². The summed E-state index contributed by atoms with van der Waals surface area (Å²) < 4.78 is 5.54. The van der Waals surface area contributed by atoms with Crippen molar-refractivity contribution in [3.05, 3.63) is 65.2 Å². The van der Waals surface area contributed by atoms with E-state index in [-0.39, 0.29) is 0 Å². The van der Waals surface area contributed by atoms with Gasteiger partial charge in [-0.15, -0.1) is 0 Å². The Balaban J connectivity index is 2.09. The molecule has 0 heterocycles. The van der Waals surface area contributed by atoms with Crippen molar-refractivity contribution in [3.8, 4) is 5.75 Å². The molecule has 0 radical (unpaired) electrons. The molecule has 0 saturated heterocycles. The number of aliphatic hydroxyl groups is 1. The SMILES string of the molecule is CCCOc1ccc(C(O)c2ccc(CC)cc2)cc1. The summed E-state index contributed by atoms with van der Waals surface area (Å²) >= 11 is 0. The third-order valence-corrected chi connectivity index (χ3v) is 3.37. The van der Waals surface area contributed by atoms with E-state index in [0.717, 1.165) is 36.3 Å². The van der Waals surface area contributed by atoms with Gasteiger partial charge >= 0.3 is 0 Å². The van der Waals surface area contributed by atoms with Crippen LogP contribution in [0.4, 0.5) is 0 Å². The first-order chi connectivity index (χ1) is 9.74. The Morgan fingerprint density at radius 1 is 0.900 bits per heavy atom. The summed E-state index contributed by atoms with van der Waals surface area (Å²) in [6, 6.07) is 15.8. The molecule has 2 heteroatoms. The van der Waals surface area contributed by atoms with E-state index in [4.69, 9.17) is 4.74 Å². The van der Waals surface area contributed by atoms with Crippen LogP contribution >= 0.6 is 0 Å². The Bertz CT molecular complexity index is 514. The van der Waals surface area contributed by atoms with Gasteiger partial charge < -0.3 is 9.84 Å². The molecule has 0 fully saturated rings. The van der Waals surface area contributed by atoms with Crippen molar-refractivity contribution >= 4 is 0 Å². The third-order valence-electron chi connectivity index (χ3n) is 3.37. The van der Waals surface area contributed by atoms with Gasteiger partial charge in [-0.25, -0.2) is 0 Å². The maximum absolute atomic E-state index is 10.4. The van der Waals surface area contributed by atoms with E-state index in [2.05, 4.69) is 26.0 Å². The summed E-state index contributed by atoms with van der Waals surface area (Å²) in [5.41, 5.74) is 3.09. The van der Waals surface area contributed by atoms with Crippen molar-refractivity contribution in [2.24, 2.45) is 0 Å². The first kappa shape index (κ1) is 14.6. The molecule has 1 atom stereocenters. The van der Waals surface area contributed by atoms with Crippen LogP contribution in [-0.2, 0) is 6.42 Å². The maximum Gasteiger partial charge on any atom is 0.119 e. The minimum absolute atomic E-state index is 0.582. The molecule has 1 N–H and O–H groups in total. The number of ether oxygens (including phenoxy) is 1. The molecular weight excluding hydrogens is 248 g/mol. The van der Waals surface area contributed by atoms with Gasteiger partial charge in [0.25, 0.3) is 0 Å². The van der Waals surface area contributed by atoms with Gasteiger partial charge in [0.2, 0.25) is 0 Å². The molecule has 0 bridgehead atoms. The third kappa shape index (κ3) is 3.61. The highest BCUT2D eigenvalue weighted by atomic mass is 16.5. The van der Waals surface area contributed by atoms with Gasteiger partial charge in [-0.05, 0) is 41.7 Å². The molecule has 0 spiro atoms. The standard InChI is InChI=1S/C18H22O2/c1-3-13-20-17-11-9-16(10-12-17)18(19)15-7-5-14(4-2)6-8-15/h5-12,18-19H,3-4,13H2,1-2H3. The number of rotatable bonds is 6. The first-order valence-electron chi connectivity index (χ1n) is 7.24. The van der Waals surface area contributed by atoms with Gasteiger partial charge in [0, 0.05) is 0 Å². The Hall–Kier alpha value is -1.80. The molecule has 2 rings (SSSR count). The second-order valence-electron chi connectivity index (χ2n) is 4.92. The molecule has 2 aromatic rings. The summed E-state index contributed by atoms with van der Waals surface area (Å²) in [4.78, 5) is 0. The highest BCUT2D eigenvalue weighted by Gasteiger charge is 2.10. The summed E-state index contributed by atoms with van der Waals surface area (Å²) in [7, 11) is 0. The highest BCUT2D eigenvalue weighted by molar-refractivity contribution is 5.35. The molecule has 106 valence electrons. The van der Waals surface area contributed by atoms with E-state index in [0.29, 0.717) is 0 Å². The van der Waals surface area contributed by atoms with Crippen molar-refractivity contribution in [1.82, 2.24) is 0 Å². The lowest BCUT2D eigenvalue weighted by atomic mass is 10.00. The van der Waals surface area contributed by atoms with Crippen molar-refractivity contribution in [1.29, 1.82) is 0 Å². The molecule has 1 unspecified atom stereocenters. The predicted molar refractivity (Wildman–Crippen MR) is 82.1 cm³/mol. The zero-order valence-corrected chi connectivity index (χ0v) is 12.2. The highest BCUT2D eigenvalue weighted by Crippen LogP contribution is 2.24. The fourth-order valence-corrected chi connectivity index (χ4v) is 2.09. The molecule has 0 aliphatic carbocycles. The minimum atomic E-state index is -0.582. The Kier molecular flexibility index (Phi) is 5.19. The monoisotopic (exact) mass is 270 g/mol. The molecule has 2 aromatic carbocycles. The number of benzene rings is 2. The van der Waals surface area contributed by atoms with Gasteiger partial charge in [0.05, 0.1) is 6.61 Å². The molecule has 2 nitrogen and oxygen atoms in total. The van der Waals surface area contributed by atoms with Gasteiger partial charge in [-0.2, -0.15) is 0 Å². The van der Waals surface area contributed by atoms with Crippen LogP contribution < -0.4 is 4.74 Å². The van der Waals surface area contributed by atoms with Gasteiger partial charge in [0.1, 0.15) is 11.9 Å². The summed E-state index contributed by atoms with van der Waals surface area (Å²) in [6.07, 6.45) is 1.43. The average molecular weight is 270 g/mol. The Morgan fingerprint density at radius 2 is 1.45 bits per heavy atom. The van der Waals surface area contributed by atoms with Crippen molar-refractivity contribution in [2.75, 3.05) is 6.61 Å². The minimum Gasteiger partial charge on any atom is -0.494 e. The summed E-state index contributed by atoms with van der Waals surface area (Å²) in [5, 5.41) is 10.4. The average Bonchev–Trinajstić information content (AvgIpc) is 2.53. The fraction of sp³-hybridized carbons (Fsp3) is 0.333. The Morgan fingerprint density at radius 3 is 1.95 bits per heavy atom. The van der Waals surface area contributed by atoms with Crippen molar-refractivity contribution in [3.63, 3.8) is 0 Å². The molecule has 0 aromatic heterocycles. The van der Waals surface area contributed by atoms with E-state index in [1.807, 2.05) is 36.4 Å². The van der Waals surface area contributed by atoms with E-state index >= 15 is 0 Å². The van der Waals surface area contributed by atoms with E-state index in [9.17, 15) is 5.11 Å². The van der Waals surface area contributed by atoms with Crippen LogP contribution in [0.2, 0.25) is 0 Å². The second-order valence-corrected chi connectivity index (χ2v) is 4.92. The number of aliphatic hydroxyl groups excluding tert-OH is 1. The zero-order valence-electron chi connectivity index (χ0n) is 12.2. The molecule has 0 aliphatic heterocycles. The maximum atomic E-state index is 10.4. The first-order valence-corrected chi connectivity index (χ1v) is 7.24. The van der Waals surface area contributed by atoms with Crippen molar-refractivity contribution < 1.29 is 9.84 Å². The lowest BCUT2D eigenvalue weighted by molar-refractivity contribution is 0.220. The van der Waals surface area contributed by atoms with Crippen LogP contribution in [0.15, 0.2) is 48.5 Å². The molecule has 20 heavy (non-hydrogen) atoms. The van der Waals surface area contributed by atoms with Gasteiger partial charge in [-0.1, -0.05) is 50.2 Å². The van der Waals surface area contributed by atoms with Crippen LogP contribution in [0.25, 0.3) is 0 Å². The summed E-state index contributed by atoms with van der Waals surface area (Å²) in [6.45, 7) is 4.93. The van der Waals surface area contributed by atoms with Gasteiger partial charge in [0.15, 0.2) is 0 Å².